The summed E-state index contributed by atoms with van der Waals surface area (Å²) in [5.41, 5.74) is 10.0. The number of rotatable bonds is 4. The minimum Gasteiger partial charge on any atom is -0.324 e. The molecule has 0 aliphatic carbocycles. The molecule has 0 saturated heterocycles. The van der Waals surface area contributed by atoms with Gasteiger partial charge in [-0.15, -0.1) is 0 Å². The third kappa shape index (κ3) is 2.92. The van der Waals surface area contributed by atoms with Crippen LogP contribution in [-0.4, -0.2) is 9.78 Å². The Kier molecular flexibility index (Phi) is 4.40. The van der Waals surface area contributed by atoms with Crippen molar-refractivity contribution in [2.75, 3.05) is 0 Å². The molecule has 0 aliphatic heterocycles. The SMILES string of the molecule is CCn1cc(CC(N)c2cccc(C)c2I)cn1. The average molecular weight is 355 g/mol. The number of nitrogens with two attached hydrogens (primary N) is 1. The maximum Gasteiger partial charge on any atom is 0.0522 e. The van der Waals surface area contributed by atoms with Crippen molar-refractivity contribution in [3.63, 3.8) is 0 Å². The third-order valence-corrected chi connectivity index (χ3v) is 4.56. The van der Waals surface area contributed by atoms with Crippen molar-refractivity contribution in [1.82, 2.24) is 9.78 Å². The minimum atomic E-state index is 0.0336. The second-order valence-electron chi connectivity index (χ2n) is 4.49. The second kappa shape index (κ2) is 5.84. The Hall–Kier alpha value is -0.880. The number of benzene rings is 1. The van der Waals surface area contributed by atoms with Crippen LogP contribution in [0.4, 0.5) is 0 Å². The lowest BCUT2D eigenvalue weighted by Gasteiger charge is -2.14. The molecule has 2 rings (SSSR count). The largest absolute Gasteiger partial charge is 0.324 e. The van der Waals surface area contributed by atoms with Gasteiger partial charge >= 0.3 is 0 Å². The summed E-state index contributed by atoms with van der Waals surface area (Å²) in [5, 5.41) is 4.28. The zero-order chi connectivity index (χ0) is 13.1. The Labute approximate surface area is 122 Å². The Morgan fingerprint density at radius 1 is 1.44 bits per heavy atom. The Bertz CT molecular complexity index is 534. The maximum atomic E-state index is 6.31. The normalized spacial score (nSPS) is 12.7. The molecule has 0 bridgehead atoms. The summed E-state index contributed by atoms with van der Waals surface area (Å²) < 4.78 is 3.20. The molecule has 0 fully saturated rings. The zero-order valence-electron chi connectivity index (χ0n) is 10.7. The fourth-order valence-corrected chi connectivity index (χ4v) is 2.76. The van der Waals surface area contributed by atoms with Crippen molar-refractivity contribution >= 4 is 22.6 Å². The summed E-state index contributed by atoms with van der Waals surface area (Å²) in [5.74, 6) is 0. The molecule has 0 radical (unpaired) electrons. The highest BCUT2D eigenvalue weighted by molar-refractivity contribution is 14.1. The van der Waals surface area contributed by atoms with E-state index in [1.807, 2.05) is 10.9 Å². The third-order valence-electron chi connectivity index (χ3n) is 3.09. The number of hydrogen-bond acceptors (Lipinski definition) is 2. The maximum absolute atomic E-state index is 6.31. The topological polar surface area (TPSA) is 43.8 Å². The van der Waals surface area contributed by atoms with Crippen molar-refractivity contribution in [3.8, 4) is 0 Å². The highest BCUT2D eigenvalue weighted by Crippen LogP contribution is 2.24. The lowest BCUT2D eigenvalue weighted by Crippen LogP contribution is -2.15. The molecule has 1 unspecified atom stereocenters. The number of nitrogens with zero attached hydrogens (tertiary/aromatic N) is 2. The molecule has 1 atom stereocenters. The van der Waals surface area contributed by atoms with Gasteiger partial charge in [0.2, 0.25) is 0 Å². The standard InChI is InChI=1S/C14H18IN3/c1-3-18-9-11(8-17-18)7-13(16)12-6-4-5-10(2)14(12)15/h4-6,8-9,13H,3,7,16H2,1-2H3. The predicted molar refractivity (Wildman–Crippen MR) is 82.4 cm³/mol. The minimum absolute atomic E-state index is 0.0336. The quantitative estimate of drug-likeness (QED) is 0.857. The van der Waals surface area contributed by atoms with Crippen molar-refractivity contribution in [2.24, 2.45) is 5.73 Å². The highest BCUT2D eigenvalue weighted by Gasteiger charge is 2.12. The van der Waals surface area contributed by atoms with Gasteiger partial charge in [0, 0.05) is 22.4 Å². The summed E-state index contributed by atoms with van der Waals surface area (Å²) in [4.78, 5) is 0. The van der Waals surface area contributed by atoms with Crippen LogP contribution in [0.5, 0.6) is 0 Å². The molecule has 18 heavy (non-hydrogen) atoms. The molecule has 3 nitrogen and oxygen atoms in total. The van der Waals surface area contributed by atoms with Gasteiger partial charge in [-0.25, -0.2) is 0 Å². The van der Waals surface area contributed by atoms with Crippen LogP contribution in [0.25, 0.3) is 0 Å². The lowest BCUT2D eigenvalue weighted by molar-refractivity contribution is 0.657. The van der Waals surface area contributed by atoms with E-state index >= 15 is 0 Å². The highest BCUT2D eigenvalue weighted by atomic mass is 127. The summed E-state index contributed by atoms with van der Waals surface area (Å²) >= 11 is 2.37. The predicted octanol–water partition coefficient (Wildman–Crippen LogP) is 3.06. The van der Waals surface area contributed by atoms with Crippen LogP contribution < -0.4 is 5.73 Å². The first-order valence-corrected chi connectivity index (χ1v) is 7.21. The molecule has 0 aliphatic rings. The van der Waals surface area contributed by atoms with Gasteiger partial charge in [-0.2, -0.15) is 5.10 Å². The van der Waals surface area contributed by atoms with Crippen LogP contribution in [0.3, 0.4) is 0 Å². The molecule has 2 N–H and O–H groups in total. The van der Waals surface area contributed by atoms with Crippen LogP contribution in [0.2, 0.25) is 0 Å². The number of aryl methyl sites for hydroxylation is 2. The number of hydrogen-bond donors (Lipinski definition) is 1. The van der Waals surface area contributed by atoms with Gasteiger partial charge in [0.05, 0.1) is 6.20 Å². The van der Waals surface area contributed by atoms with Crippen molar-refractivity contribution in [2.45, 2.75) is 32.9 Å². The van der Waals surface area contributed by atoms with E-state index < -0.39 is 0 Å². The van der Waals surface area contributed by atoms with Crippen molar-refractivity contribution in [1.29, 1.82) is 0 Å². The Balaban J connectivity index is 2.16. The van der Waals surface area contributed by atoms with Crippen LogP contribution in [0.1, 0.15) is 29.7 Å². The van der Waals surface area contributed by atoms with E-state index in [2.05, 4.69) is 65.9 Å². The van der Waals surface area contributed by atoms with E-state index in [1.165, 1.54) is 20.3 Å². The molecule has 4 heteroatoms. The first kappa shape index (κ1) is 13.5. The van der Waals surface area contributed by atoms with E-state index in [1.54, 1.807) is 0 Å². The molecular weight excluding hydrogens is 337 g/mol. The first-order chi connectivity index (χ1) is 8.61. The van der Waals surface area contributed by atoms with Crippen molar-refractivity contribution in [3.05, 3.63) is 50.9 Å². The van der Waals surface area contributed by atoms with Gasteiger partial charge in [-0.1, -0.05) is 18.2 Å². The summed E-state index contributed by atoms with van der Waals surface area (Å²) in [6, 6.07) is 6.34. The van der Waals surface area contributed by atoms with E-state index in [4.69, 9.17) is 5.73 Å². The van der Waals surface area contributed by atoms with Crippen LogP contribution >= 0.6 is 22.6 Å². The molecular formula is C14H18IN3. The van der Waals surface area contributed by atoms with Crippen LogP contribution in [0.15, 0.2) is 30.6 Å². The van der Waals surface area contributed by atoms with Crippen LogP contribution in [-0.2, 0) is 13.0 Å². The molecule has 0 amide bonds. The number of aromatic nitrogens is 2. The average Bonchev–Trinajstić information content (AvgIpc) is 2.80. The molecule has 2 aromatic rings. The van der Waals surface area contributed by atoms with E-state index in [0.29, 0.717) is 0 Å². The fraction of sp³-hybridized carbons (Fsp3) is 0.357. The van der Waals surface area contributed by atoms with E-state index in [0.717, 1.165) is 13.0 Å². The molecule has 0 saturated carbocycles. The second-order valence-corrected chi connectivity index (χ2v) is 5.57. The summed E-state index contributed by atoms with van der Waals surface area (Å²) in [6.07, 6.45) is 4.81. The monoisotopic (exact) mass is 355 g/mol. The van der Waals surface area contributed by atoms with E-state index in [9.17, 15) is 0 Å². The van der Waals surface area contributed by atoms with Gasteiger partial charge in [0.1, 0.15) is 0 Å². The van der Waals surface area contributed by atoms with Gasteiger partial charge in [-0.3, -0.25) is 4.68 Å². The summed E-state index contributed by atoms with van der Waals surface area (Å²) in [6.45, 7) is 5.10. The van der Waals surface area contributed by atoms with Gasteiger partial charge in [0.25, 0.3) is 0 Å². The van der Waals surface area contributed by atoms with Crippen LogP contribution in [0, 0.1) is 10.5 Å². The smallest absolute Gasteiger partial charge is 0.0522 e. The summed E-state index contributed by atoms with van der Waals surface area (Å²) in [7, 11) is 0. The molecule has 1 aromatic carbocycles. The zero-order valence-corrected chi connectivity index (χ0v) is 12.9. The first-order valence-electron chi connectivity index (χ1n) is 6.13. The Morgan fingerprint density at radius 2 is 2.22 bits per heavy atom. The van der Waals surface area contributed by atoms with Gasteiger partial charge in [0.15, 0.2) is 0 Å². The molecule has 1 heterocycles. The fourth-order valence-electron chi connectivity index (χ4n) is 2.01. The van der Waals surface area contributed by atoms with E-state index in [-0.39, 0.29) is 6.04 Å². The molecule has 0 spiro atoms. The lowest BCUT2D eigenvalue weighted by atomic mass is 10.00. The Morgan fingerprint density at radius 3 is 2.89 bits per heavy atom. The van der Waals surface area contributed by atoms with Crippen molar-refractivity contribution < 1.29 is 0 Å². The van der Waals surface area contributed by atoms with Gasteiger partial charge < -0.3 is 5.73 Å². The van der Waals surface area contributed by atoms with Gasteiger partial charge in [-0.05, 0) is 59.5 Å². The molecule has 96 valence electrons. The number of halogens is 1. The molecule has 1 aromatic heterocycles.